The third-order valence-electron chi connectivity index (χ3n) is 3.55. The van der Waals surface area contributed by atoms with Crippen LogP contribution in [0.5, 0.6) is 0 Å². The Morgan fingerprint density at radius 2 is 1.70 bits per heavy atom. The standard InChI is InChI=1S/C18H18N6O2S/c25-16(20-17(26)19-13-14-7-3-1-4-8-14)11-12-27-18-21-22-23-24(18)15-9-5-2-6-10-15/h1-10H,11-13H2,(H2,19,20,25,26). The van der Waals surface area contributed by atoms with Crippen molar-refractivity contribution < 1.29 is 9.59 Å². The molecule has 1 heterocycles. The summed E-state index contributed by atoms with van der Waals surface area (Å²) in [5, 5.41) is 17.2. The van der Waals surface area contributed by atoms with Crippen LogP contribution in [0.15, 0.2) is 65.8 Å². The van der Waals surface area contributed by atoms with E-state index in [2.05, 4.69) is 26.2 Å². The van der Waals surface area contributed by atoms with Crippen LogP contribution in [0.4, 0.5) is 4.79 Å². The molecule has 1 aromatic heterocycles. The van der Waals surface area contributed by atoms with Crippen LogP contribution >= 0.6 is 11.8 Å². The van der Waals surface area contributed by atoms with Gasteiger partial charge in [0, 0.05) is 18.7 Å². The smallest absolute Gasteiger partial charge is 0.321 e. The molecule has 0 spiro atoms. The van der Waals surface area contributed by atoms with Crippen LogP contribution in [0.3, 0.4) is 0 Å². The Kier molecular flexibility index (Phi) is 6.53. The molecule has 138 valence electrons. The average molecular weight is 382 g/mol. The lowest BCUT2D eigenvalue weighted by atomic mass is 10.2. The number of hydrogen-bond acceptors (Lipinski definition) is 6. The number of nitrogens with one attached hydrogen (secondary N) is 2. The van der Waals surface area contributed by atoms with Gasteiger partial charge >= 0.3 is 6.03 Å². The maximum absolute atomic E-state index is 11.9. The van der Waals surface area contributed by atoms with Gasteiger partial charge in [0.1, 0.15) is 0 Å². The Morgan fingerprint density at radius 1 is 1.00 bits per heavy atom. The Balaban J connectivity index is 1.41. The fourth-order valence-electron chi connectivity index (χ4n) is 2.25. The summed E-state index contributed by atoms with van der Waals surface area (Å²) in [5.74, 6) is 0.0946. The number of amides is 3. The summed E-state index contributed by atoms with van der Waals surface area (Å²) >= 11 is 1.35. The SMILES string of the molecule is O=C(CCSc1nnnn1-c1ccccc1)NC(=O)NCc1ccccc1. The Morgan fingerprint density at radius 3 is 2.44 bits per heavy atom. The van der Waals surface area contributed by atoms with Gasteiger partial charge < -0.3 is 5.32 Å². The number of nitrogens with zero attached hydrogens (tertiary/aromatic N) is 4. The summed E-state index contributed by atoms with van der Waals surface area (Å²) < 4.78 is 1.61. The second-order valence-electron chi connectivity index (χ2n) is 5.52. The fraction of sp³-hybridized carbons (Fsp3) is 0.167. The Bertz CT molecular complexity index is 885. The molecule has 0 unspecified atom stereocenters. The normalized spacial score (nSPS) is 10.4. The molecule has 0 saturated carbocycles. The summed E-state index contributed by atoms with van der Waals surface area (Å²) in [4.78, 5) is 23.7. The van der Waals surface area contributed by atoms with Gasteiger partial charge in [0.2, 0.25) is 11.1 Å². The predicted octanol–water partition coefficient (Wildman–Crippen LogP) is 2.17. The molecule has 0 aliphatic rings. The molecule has 3 aromatic rings. The third kappa shape index (κ3) is 5.65. The molecule has 0 aliphatic carbocycles. The van der Waals surface area contributed by atoms with Gasteiger partial charge in [0.15, 0.2) is 0 Å². The number of carbonyl (C=O) groups is 2. The highest BCUT2D eigenvalue weighted by atomic mass is 32.2. The van der Waals surface area contributed by atoms with Gasteiger partial charge in [-0.15, -0.1) is 5.10 Å². The second kappa shape index (κ2) is 9.48. The van der Waals surface area contributed by atoms with Crippen molar-refractivity contribution in [2.45, 2.75) is 18.1 Å². The first-order valence-corrected chi connectivity index (χ1v) is 9.29. The molecule has 2 aromatic carbocycles. The average Bonchev–Trinajstić information content (AvgIpc) is 3.16. The third-order valence-corrected chi connectivity index (χ3v) is 4.47. The molecule has 2 N–H and O–H groups in total. The predicted molar refractivity (Wildman–Crippen MR) is 101 cm³/mol. The van der Waals surface area contributed by atoms with Crippen LogP contribution in [-0.4, -0.2) is 37.9 Å². The highest BCUT2D eigenvalue weighted by molar-refractivity contribution is 7.99. The number of thioether (sulfide) groups is 1. The van der Waals surface area contributed by atoms with E-state index in [1.807, 2.05) is 60.7 Å². The van der Waals surface area contributed by atoms with Crippen LogP contribution in [0.2, 0.25) is 0 Å². The summed E-state index contributed by atoms with van der Waals surface area (Å²) in [6.07, 6.45) is 0.172. The van der Waals surface area contributed by atoms with Crippen molar-refractivity contribution in [2.24, 2.45) is 0 Å². The molecule has 0 fully saturated rings. The van der Waals surface area contributed by atoms with E-state index in [1.54, 1.807) is 4.68 Å². The van der Waals surface area contributed by atoms with Gasteiger partial charge in [-0.05, 0) is 28.1 Å². The number of urea groups is 1. The van der Waals surface area contributed by atoms with Crippen molar-refractivity contribution in [3.05, 3.63) is 66.2 Å². The van der Waals surface area contributed by atoms with E-state index in [-0.39, 0.29) is 12.3 Å². The van der Waals surface area contributed by atoms with Crippen LogP contribution < -0.4 is 10.6 Å². The van der Waals surface area contributed by atoms with Crippen molar-refractivity contribution in [2.75, 3.05) is 5.75 Å². The molecule has 3 amide bonds. The van der Waals surface area contributed by atoms with Gasteiger partial charge in [0.25, 0.3) is 0 Å². The minimum absolute atomic E-state index is 0.172. The lowest BCUT2D eigenvalue weighted by molar-refractivity contribution is -0.119. The van der Waals surface area contributed by atoms with Crippen molar-refractivity contribution in [3.8, 4) is 5.69 Å². The molecule has 0 radical (unpaired) electrons. The number of hydrogen-bond donors (Lipinski definition) is 2. The molecule has 0 bridgehead atoms. The van der Waals surface area contributed by atoms with E-state index in [0.29, 0.717) is 17.5 Å². The van der Waals surface area contributed by atoms with E-state index >= 15 is 0 Å². The van der Waals surface area contributed by atoms with Gasteiger partial charge in [0.05, 0.1) is 5.69 Å². The lowest BCUT2D eigenvalue weighted by Gasteiger charge is -2.07. The van der Waals surface area contributed by atoms with Gasteiger partial charge in [-0.1, -0.05) is 60.3 Å². The summed E-state index contributed by atoms with van der Waals surface area (Å²) in [6.45, 7) is 0.362. The fourth-order valence-corrected chi connectivity index (χ4v) is 3.08. The maximum atomic E-state index is 11.9. The van der Waals surface area contributed by atoms with E-state index in [4.69, 9.17) is 0 Å². The zero-order chi connectivity index (χ0) is 18.9. The zero-order valence-electron chi connectivity index (χ0n) is 14.4. The number of aromatic nitrogens is 4. The van der Waals surface area contributed by atoms with Crippen LogP contribution in [-0.2, 0) is 11.3 Å². The molecule has 3 rings (SSSR count). The molecule has 0 aliphatic heterocycles. The quantitative estimate of drug-likeness (QED) is 0.607. The largest absolute Gasteiger partial charge is 0.334 e. The van der Waals surface area contributed by atoms with Crippen molar-refractivity contribution >= 4 is 23.7 Å². The number of carbonyl (C=O) groups excluding carboxylic acids is 2. The molecule has 0 saturated heterocycles. The highest BCUT2D eigenvalue weighted by Crippen LogP contribution is 2.18. The summed E-state index contributed by atoms with van der Waals surface area (Å²) in [6, 6.07) is 18.5. The van der Waals surface area contributed by atoms with E-state index in [0.717, 1.165) is 11.3 Å². The number of tetrazole rings is 1. The maximum Gasteiger partial charge on any atom is 0.321 e. The first-order chi connectivity index (χ1) is 13.2. The van der Waals surface area contributed by atoms with Gasteiger partial charge in [-0.3, -0.25) is 10.1 Å². The number of benzene rings is 2. The van der Waals surface area contributed by atoms with Crippen LogP contribution in [0, 0.1) is 0 Å². The highest BCUT2D eigenvalue weighted by Gasteiger charge is 2.11. The summed E-state index contributed by atoms with van der Waals surface area (Å²) in [5.41, 5.74) is 1.80. The zero-order valence-corrected chi connectivity index (χ0v) is 15.2. The molecule has 27 heavy (non-hydrogen) atoms. The van der Waals surface area contributed by atoms with Gasteiger partial charge in [-0.2, -0.15) is 4.68 Å². The molecule has 8 nitrogen and oxygen atoms in total. The minimum Gasteiger partial charge on any atom is -0.334 e. The first-order valence-electron chi connectivity index (χ1n) is 8.30. The van der Waals surface area contributed by atoms with E-state index < -0.39 is 6.03 Å². The first kappa shape index (κ1) is 18.6. The number of para-hydroxylation sites is 1. The monoisotopic (exact) mass is 382 g/mol. The van der Waals surface area contributed by atoms with E-state index in [9.17, 15) is 9.59 Å². The molecule has 9 heteroatoms. The van der Waals surface area contributed by atoms with Crippen molar-refractivity contribution in [1.29, 1.82) is 0 Å². The number of imide groups is 1. The molecule has 0 atom stereocenters. The Labute approximate surface area is 160 Å². The molecular formula is C18H18N6O2S. The molecular weight excluding hydrogens is 364 g/mol. The Hall–Kier alpha value is -3.20. The van der Waals surface area contributed by atoms with Crippen molar-refractivity contribution in [3.63, 3.8) is 0 Å². The minimum atomic E-state index is -0.511. The van der Waals surface area contributed by atoms with Crippen LogP contribution in [0.25, 0.3) is 5.69 Å². The van der Waals surface area contributed by atoms with Crippen LogP contribution in [0.1, 0.15) is 12.0 Å². The summed E-state index contributed by atoms with van der Waals surface area (Å²) in [7, 11) is 0. The van der Waals surface area contributed by atoms with Crippen molar-refractivity contribution in [1.82, 2.24) is 30.8 Å². The lowest BCUT2D eigenvalue weighted by Crippen LogP contribution is -2.39. The van der Waals surface area contributed by atoms with E-state index in [1.165, 1.54) is 11.8 Å². The topological polar surface area (TPSA) is 102 Å². The van der Waals surface area contributed by atoms with Gasteiger partial charge in [-0.25, -0.2) is 4.79 Å². The second-order valence-corrected chi connectivity index (χ2v) is 6.59. The number of rotatable bonds is 7.